The van der Waals surface area contributed by atoms with Crippen LogP contribution in [0.25, 0.3) is 4.91 Å². The minimum Gasteiger partial charge on any atom is -0.473 e. The molecule has 32 heavy (non-hydrogen) atoms. The largest absolute Gasteiger partial charge is 0.473 e. The van der Waals surface area contributed by atoms with Gasteiger partial charge in [0.05, 0.1) is 13.2 Å². The average molecular weight is 467 g/mol. The number of hydrogen-bond acceptors (Lipinski definition) is 5. The Hall–Kier alpha value is -2.30. The summed E-state index contributed by atoms with van der Waals surface area (Å²) < 4.78 is 31.7. The van der Waals surface area contributed by atoms with Crippen molar-refractivity contribution in [1.82, 2.24) is 0 Å². The lowest BCUT2D eigenvalue weighted by Gasteiger charge is -2.38. The van der Waals surface area contributed by atoms with E-state index in [9.17, 15) is 4.57 Å². The van der Waals surface area contributed by atoms with E-state index in [-0.39, 0.29) is 0 Å². The number of fused-ring (bicyclic) bond motifs is 1. The predicted molar refractivity (Wildman–Crippen MR) is 132 cm³/mol. The molecule has 1 heterocycles. The molecule has 3 aromatic carbocycles. The minimum absolute atomic E-state index is 0.307. The standard InChI is InChI=1S/C26H27O4PS/c1-3-19-29-31(27,28-4-2)32-25-20-26(21-13-7-5-8-14-21,22-15-9-6-10-16-22)30-24-18-12-11-17-23(24)25/h5-18,20H,3-4,19H2,1-2H3. The van der Waals surface area contributed by atoms with Crippen LogP contribution in [0.15, 0.2) is 91.0 Å². The van der Waals surface area contributed by atoms with Gasteiger partial charge in [0.25, 0.3) is 0 Å². The number of benzene rings is 3. The van der Waals surface area contributed by atoms with Crippen molar-refractivity contribution in [3.05, 3.63) is 108 Å². The molecule has 0 N–H and O–H groups in total. The van der Waals surface area contributed by atoms with Crippen LogP contribution in [0.5, 0.6) is 5.75 Å². The summed E-state index contributed by atoms with van der Waals surface area (Å²) in [6.07, 6.45) is 2.81. The van der Waals surface area contributed by atoms with Gasteiger partial charge in [-0.15, -0.1) is 0 Å². The molecule has 0 saturated carbocycles. The summed E-state index contributed by atoms with van der Waals surface area (Å²) in [6.45, 7) is 1.09. The van der Waals surface area contributed by atoms with Crippen LogP contribution >= 0.6 is 18.2 Å². The van der Waals surface area contributed by atoms with Crippen LogP contribution in [-0.2, 0) is 19.2 Å². The summed E-state index contributed by atoms with van der Waals surface area (Å²) in [6, 6.07) is 28.0. The van der Waals surface area contributed by atoms with Gasteiger partial charge in [-0.3, -0.25) is 0 Å². The van der Waals surface area contributed by atoms with E-state index in [0.717, 1.165) is 45.1 Å². The van der Waals surface area contributed by atoms with E-state index < -0.39 is 12.4 Å². The second-order valence-electron chi connectivity index (χ2n) is 7.36. The van der Waals surface area contributed by atoms with Crippen molar-refractivity contribution in [3.8, 4) is 5.75 Å². The predicted octanol–water partition coefficient (Wildman–Crippen LogP) is 7.67. The highest BCUT2D eigenvalue weighted by atomic mass is 32.7. The Labute approximate surface area is 193 Å². The highest BCUT2D eigenvalue weighted by Gasteiger charge is 2.41. The quantitative estimate of drug-likeness (QED) is 0.303. The third kappa shape index (κ3) is 4.72. The van der Waals surface area contributed by atoms with Gasteiger partial charge in [-0.25, -0.2) is 4.57 Å². The van der Waals surface area contributed by atoms with Gasteiger partial charge in [0, 0.05) is 21.6 Å². The van der Waals surface area contributed by atoms with Crippen LogP contribution < -0.4 is 4.74 Å². The molecule has 1 aliphatic heterocycles. The molecule has 0 aliphatic carbocycles. The molecule has 6 heteroatoms. The molecule has 4 rings (SSSR count). The lowest BCUT2D eigenvalue weighted by molar-refractivity contribution is 0.160. The third-order valence-electron chi connectivity index (χ3n) is 5.11. The van der Waals surface area contributed by atoms with Crippen LogP contribution in [0.2, 0.25) is 0 Å². The minimum atomic E-state index is -3.41. The van der Waals surface area contributed by atoms with Crippen LogP contribution in [-0.4, -0.2) is 13.2 Å². The fraction of sp³-hybridized carbons (Fsp3) is 0.231. The zero-order valence-corrected chi connectivity index (χ0v) is 20.0. The number of ether oxygens (including phenoxy) is 1. The summed E-state index contributed by atoms with van der Waals surface area (Å²) in [4.78, 5) is 0.812. The zero-order valence-electron chi connectivity index (χ0n) is 18.3. The van der Waals surface area contributed by atoms with E-state index in [2.05, 4.69) is 24.3 Å². The van der Waals surface area contributed by atoms with Gasteiger partial charge in [0.2, 0.25) is 0 Å². The molecular formula is C26H27O4PS. The van der Waals surface area contributed by atoms with Crippen molar-refractivity contribution in [2.24, 2.45) is 0 Å². The van der Waals surface area contributed by atoms with E-state index in [1.54, 1.807) is 0 Å². The van der Waals surface area contributed by atoms with Crippen molar-refractivity contribution in [1.29, 1.82) is 0 Å². The molecule has 0 spiro atoms. The number of rotatable bonds is 9. The fourth-order valence-corrected chi connectivity index (χ4v) is 7.36. The maximum Gasteiger partial charge on any atom is 0.393 e. The summed E-state index contributed by atoms with van der Waals surface area (Å²) in [5.74, 6) is 0.726. The second kappa shape index (κ2) is 10.1. The first-order valence-corrected chi connectivity index (χ1v) is 13.8. The van der Waals surface area contributed by atoms with E-state index in [4.69, 9.17) is 13.8 Å². The molecule has 0 amide bonds. The van der Waals surface area contributed by atoms with Gasteiger partial charge >= 0.3 is 6.80 Å². The van der Waals surface area contributed by atoms with Gasteiger partial charge in [-0.1, -0.05) is 85.8 Å². The highest BCUT2D eigenvalue weighted by Crippen LogP contribution is 2.67. The molecule has 1 atom stereocenters. The highest BCUT2D eigenvalue weighted by molar-refractivity contribution is 8.59. The summed E-state index contributed by atoms with van der Waals surface area (Å²) in [5.41, 5.74) is 1.97. The molecule has 0 saturated heterocycles. The monoisotopic (exact) mass is 466 g/mol. The average Bonchev–Trinajstić information content (AvgIpc) is 2.84. The second-order valence-corrected chi connectivity index (χ2v) is 11.3. The fourth-order valence-electron chi connectivity index (χ4n) is 3.69. The third-order valence-corrected chi connectivity index (χ3v) is 8.84. The molecule has 0 fully saturated rings. The molecule has 0 bridgehead atoms. The first-order valence-electron chi connectivity index (χ1n) is 10.8. The van der Waals surface area contributed by atoms with Crippen LogP contribution in [0, 0.1) is 0 Å². The molecular weight excluding hydrogens is 439 g/mol. The Balaban J connectivity index is 1.90. The maximum absolute atomic E-state index is 13.6. The first-order chi connectivity index (χ1) is 15.6. The van der Waals surface area contributed by atoms with Crippen LogP contribution in [0.4, 0.5) is 0 Å². The van der Waals surface area contributed by atoms with Crippen LogP contribution in [0.3, 0.4) is 0 Å². The van der Waals surface area contributed by atoms with E-state index in [1.807, 2.05) is 80.6 Å². The van der Waals surface area contributed by atoms with Crippen molar-refractivity contribution in [2.75, 3.05) is 13.2 Å². The Morgan fingerprint density at radius 3 is 2.03 bits per heavy atom. The molecule has 1 aliphatic rings. The smallest absolute Gasteiger partial charge is 0.393 e. The molecule has 166 valence electrons. The van der Waals surface area contributed by atoms with Gasteiger partial charge in [-0.05, 0) is 36.9 Å². The summed E-state index contributed by atoms with van der Waals surface area (Å²) >= 11 is 1.16. The Morgan fingerprint density at radius 2 is 1.44 bits per heavy atom. The van der Waals surface area contributed by atoms with Gasteiger partial charge < -0.3 is 13.8 Å². The molecule has 0 radical (unpaired) electrons. The van der Waals surface area contributed by atoms with E-state index >= 15 is 0 Å². The Kier molecular flexibility index (Phi) is 7.22. The Morgan fingerprint density at radius 1 is 0.844 bits per heavy atom. The van der Waals surface area contributed by atoms with E-state index in [1.165, 1.54) is 0 Å². The van der Waals surface area contributed by atoms with Crippen molar-refractivity contribution < 1.29 is 18.3 Å². The van der Waals surface area contributed by atoms with Gasteiger partial charge in [0.1, 0.15) is 5.75 Å². The molecule has 4 nitrogen and oxygen atoms in total. The lowest BCUT2D eigenvalue weighted by atomic mass is 9.83. The number of para-hydroxylation sites is 1. The molecule has 3 aromatic rings. The van der Waals surface area contributed by atoms with Crippen molar-refractivity contribution >= 4 is 23.1 Å². The summed E-state index contributed by atoms with van der Waals surface area (Å²) in [7, 11) is 0. The topological polar surface area (TPSA) is 44.8 Å². The van der Waals surface area contributed by atoms with Gasteiger partial charge in [-0.2, -0.15) is 0 Å². The van der Waals surface area contributed by atoms with Crippen molar-refractivity contribution in [3.63, 3.8) is 0 Å². The van der Waals surface area contributed by atoms with Crippen LogP contribution in [0.1, 0.15) is 37.0 Å². The molecule has 1 unspecified atom stereocenters. The summed E-state index contributed by atoms with van der Waals surface area (Å²) in [5, 5.41) is 0. The first kappa shape index (κ1) is 22.9. The SMILES string of the molecule is CCCOP(=O)(OCC)SC1=CC(c2ccccc2)(c2ccccc2)Oc2ccccc21. The molecule has 0 aromatic heterocycles. The van der Waals surface area contributed by atoms with Crippen molar-refractivity contribution in [2.45, 2.75) is 25.9 Å². The van der Waals surface area contributed by atoms with Gasteiger partial charge in [0.15, 0.2) is 5.60 Å². The Bertz CT molecular complexity index is 1080. The normalized spacial score (nSPS) is 16.4. The lowest BCUT2D eigenvalue weighted by Crippen LogP contribution is -2.35. The number of hydrogen-bond donors (Lipinski definition) is 0. The maximum atomic E-state index is 13.6. The zero-order chi connectivity index (χ0) is 22.4. The van der Waals surface area contributed by atoms with E-state index in [0.29, 0.717) is 13.2 Å².